The molecule has 1 aromatic rings. The average molecular weight is 465 g/mol. The van der Waals surface area contributed by atoms with Crippen molar-refractivity contribution in [1.82, 2.24) is 30.1 Å². The fraction of sp³-hybridized carbons (Fsp3) is 0.650. The van der Waals surface area contributed by atoms with Gasteiger partial charge in [-0.15, -0.1) is 16.9 Å². The summed E-state index contributed by atoms with van der Waals surface area (Å²) >= 11 is 1.46. The lowest BCUT2D eigenvalue weighted by atomic mass is 9.78. The quantitative estimate of drug-likeness (QED) is 0.462. The molecule has 4 heterocycles. The molecule has 0 saturated carbocycles. The number of nitrogens with zero attached hydrogens (tertiary/aromatic N) is 5. The Morgan fingerprint density at radius 3 is 2.72 bits per heavy atom. The number of thioether (sulfide) groups is 1. The van der Waals surface area contributed by atoms with Crippen LogP contribution in [0.2, 0.25) is 0 Å². The van der Waals surface area contributed by atoms with E-state index >= 15 is 0 Å². The van der Waals surface area contributed by atoms with Gasteiger partial charge in [0.05, 0.1) is 36.8 Å². The summed E-state index contributed by atoms with van der Waals surface area (Å²) in [6, 6.07) is -0.886. The van der Waals surface area contributed by atoms with E-state index in [2.05, 4.69) is 15.6 Å². The molecule has 2 saturated heterocycles. The Hall–Kier alpha value is -2.44. The molecule has 0 bridgehead atoms. The standard InChI is InChI=1S/C20H28N6O5S/c1-9-15-14(10(2)25-7-11(8-27)22-23-25)19(29)26(15)16(20(30)31)17(9)32-12-5-13(21-6-12)18(28)24(3)4/h7,9-10,12-15,21,27H,5-6,8H2,1-4H3,(H,30,31)/t9-,10?,12+,13+,14-,15-/m1/s1. The molecule has 2 amide bonds. The second kappa shape index (κ2) is 8.49. The van der Waals surface area contributed by atoms with Crippen molar-refractivity contribution in [1.29, 1.82) is 0 Å². The zero-order chi connectivity index (χ0) is 23.3. The molecule has 174 valence electrons. The lowest BCUT2D eigenvalue weighted by Crippen LogP contribution is -2.62. The predicted molar refractivity (Wildman–Crippen MR) is 115 cm³/mol. The van der Waals surface area contributed by atoms with Crippen LogP contribution in [0.4, 0.5) is 0 Å². The van der Waals surface area contributed by atoms with Crippen LogP contribution in [0.3, 0.4) is 0 Å². The lowest BCUT2D eigenvalue weighted by molar-refractivity contribution is -0.159. The van der Waals surface area contributed by atoms with Crippen molar-refractivity contribution >= 4 is 29.5 Å². The molecule has 32 heavy (non-hydrogen) atoms. The van der Waals surface area contributed by atoms with Gasteiger partial charge in [-0.05, 0) is 13.3 Å². The number of carboxylic acids is 1. The summed E-state index contributed by atoms with van der Waals surface area (Å²) in [6.07, 6.45) is 2.21. The highest BCUT2D eigenvalue weighted by atomic mass is 32.2. The van der Waals surface area contributed by atoms with Gasteiger partial charge < -0.3 is 25.3 Å². The van der Waals surface area contributed by atoms with E-state index in [4.69, 9.17) is 0 Å². The van der Waals surface area contributed by atoms with Gasteiger partial charge in [-0.25, -0.2) is 9.48 Å². The van der Waals surface area contributed by atoms with Crippen LogP contribution in [-0.4, -0.2) is 90.8 Å². The van der Waals surface area contributed by atoms with Crippen molar-refractivity contribution in [3.05, 3.63) is 22.5 Å². The summed E-state index contributed by atoms with van der Waals surface area (Å²) in [5.74, 6) is -1.94. The first-order chi connectivity index (χ1) is 15.1. The molecule has 11 nitrogen and oxygen atoms in total. The van der Waals surface area contributed by atoms with Crippen molar-refractivity contribution in [2.24, 2.45) is 11.8 Å². The summed E-state index contributed by atoms with van der Waals surface area (Å²) < 4.78 is 1.56. The van der Waals surface area contributed by atoms with Crippen LogP contribution in [0.5, 0.6) is 0 Å². The highest BCUT2D eigenvalue weighted by molar-refractivity contribution is 8.03. The van der Waals surface area contributed by atoms with E-state index in [1.54, 1.807) is 29.9 Å². The molecule has 1 unspecified atom stereocenters. The Bertz CT molecular complexity index is 977. The fourth-order valence-electron chi connectivity index (χ4n) is 4.90. The molecule has 3 aliphatic heterocycles. The molecule has 1 aromatic heterocycles. The number of aliphatic hydroxyl groups is 1. The van der Waals surface area contributed by atoms with Gasteiger partial charge in [-0.3, -0.25) is 9.59 Å². The van der Waals surface area contributed by atoms with Gasteiger partial charge in [0.2, 0.25) is 11.8 Å². The van der Waals surface area contributed by atoms with Crippen molar-refractivity contribution in [3.8, 4) is 0 Å². The molecule has 2 fully saturated rings. The minimum absolute atomic E-state index is 0.00275. The minimum Gasteiger partial charge on any atom is -0.477 e. The van der Waals surface area contributed by atoms with E-state index in [-0.39, 0.29) is 53.4 Å². The lowest BCUT2D eigenvalue weighted by Gasteiger charge is -2.47. The van der Waals surface area contributed by atoms with E-state index < -0.39 is 11.9 Å². The topological polar surface area (TPSA) is 141 Å². The van der Waals surface area contributed by atoms with Crippen molar-refractivity contribution in [2.45, 2.75) is 50.3 Å². The van der Waals surface area contributed by atoms with Crippen LogP contribution in [0.25, 0.3) is 0 Å². The Labute approximate surface area is 189 Å². The number of hydrogen-bond donors (Lipinski definition) is 3. The van der Waals surface area contributed by atoms with Gasteiger partial charge >= 0.3 is 5.97 Å². The van der Waals surface area contributed by atoms with Crippen molar-refractivity contribution in [2.75, 3.05) is 20.6 Å². The maximum absolute atomic E-state index is 13.0. The van der Waals surface area contributed by atoms with Crippen LogP contribution >= 0.6 is 11.8 Å². The number of likely N-dealkylation sites (N-methyl/N-ethyl adjacent to an activating group) is 1. The Kier molecular flexibility index (Phi) is 6.03. The molecule has 6 atom stereocenters. The van der Waals surface area contributed by atoms with E-state index in [1.807, 2.05) is 13.8 Å². The average Bonchev–Trinajstić information content (AvgIpc) is 3.46. The van der Waals surface area contributed by atoms with E-state index in [9.17, 15) is 24.6 Å². The number of rotatable bonds is 7. The summed E-state index contributed by atoms with van der Waals surface area (Å²) in [4.78, 5) is 41.1. The monoisotopic (exact) mass is 464 g/mol. The fourth-order valence-corrected chi connectivity index (χ4v) is 6.38. The first kappa shape index (κ1) is 22.7. The van der Waals surface area contributed by atoms with Crippen molar-refractivity contribution < 1.29 is 24.6 Å². The molecule has 12 heteroatoms. The number of fused-ring (bicyclic) bond motifs is 1. The second-order valence-corrected chi connectivity index (χ2v) is 10.1. The van der Waals surface area contributed by atoms with Crippen molar-refractivity contribution in [3.63, 3.8) is 0 Å². The van der Waals surface area contributed by atoms with Gasteiger partial charge in [0.1, 0.15) is 11.4 Å². The van der Waals surface area contributed by atoms with Gasteiger partial charge in [-0.1, -0.05) is 12.1 Å². The normalized spacial score (nSPS) is 30.3. The molecule has 0 radical (unpaired) electrons. The number of carbonyl (C=O) groups excluding carboxylic acids is 2. The number of carboxylic acid groups (broad SMARTS) is 1. The third-order valence-electron chi connectivity index (χ3n) is 6.57. The SMILES string of the molecule is CC([C@H]1C(=O)N2C(C(=O)O)=C(S[C@@H]3CN[C@H](C(=O)N(C)C)C3)[C@H](C)[C@H]12)n1cc(CO)nn1. The molecule has 4 rings (SSSR count). The first-order valence-electron chi connectivity index (χ1n) is 10.6. The maximum Gasteiger partial charge on any atom is 0.353 e. The molecular weight excluding hydrogens is 436 g/mol. The summed E-state index contributed by atoms with van der Waals surface area (Å²) in [5, 5.41) is 30.3. The number of hydrogen-bond acceptors (Lipinski definition) is 8. The third-order valence-corrected chi connectivity index (χ3v) is 8.08. The summed E-state index contributed by atoms with van der Waals surface area (Å²) in [7, 11) is 3.43. The molecule has 3 N–H and O–H groups in total. The number of aliphatic carboxylic acids is 1. The third kappa shape index (κ3) is 3.59. The zero-order valence-electron chi connectivity index (χ0n) is 18.4. The Morgan fingerprint density at radius 1 is 1.41 bits per heavy atom. The first-order valence-corrected chi connectivity index (χ1v) is 11.5. The molecule has 0 spiro atoms. The van der Waals surface area contributed by atoms with Crippen LogP contribution < -0.4 is 5.32 Å². The number of aromatic nitrogens is 3. The number of nitrogens with one attached hydrogen (secondary N) is 1. The number of aliphatic hydroxyl groups excluding tert-OH is 1. The summed E-state index contributed by atoms with van der Waals surface area (Å²) in [5.41, 5.74) is 0.467. The molecular formula is C20H28N6O5S. The van der Waals surface area contributed by atoms with E-state index in [1.165, 1.54) is 16.7 Å². The smallest absolute Gasteiger partial charge is 0.353 e. The number of carbonyl (C=O) groups is 3. The Morgan fingerprint density at radius 2 is 2.12 bits per heavy atom. The van der Waals surface area contributed by atoms with Crippen LogP contribution in [0.1, 0.15) is 32.0 Å². The number of β-lactam (4-membered cyclic amide) rings is 1. The van der Waals surface area contributed by atoms with Gasteiger partial charge in [0.15, 0.2) is 0 Å². The molecule has 0 aromatic carbocycles. The minimum atomic E-state index is -1.11. The molecule has 0 aliphatic carbocycles. The highest BCUT2D eigenvalue weighted by Crippen LogP contribution is 2.53. The van der Waals surface area contributed by atoms with E-state index in [0.29, 0.717) is 23.6 Å². The Balaban J connectivity index is 1.53. The van der Waals surface area contributed by atoms with Gasteiger partial charge in [0, 0.05) is 36.7 Å². The van der Waals surface area contributed by atoms with E-state index in [0.717, 1.165) is 0 Å². The second-order valence-electron chi connectivity index (χ2n) is 8.79. The predicted octanol–water partition coefficient (Wildman–Crippen LogP) is -0.344. The van der Waals surface area contributed by atoms with Gasteiger partial charge in [-0.2, -0.15) is 0 Å². The largest absolute Gasteiger partial charge is 0.477 e. The van der Waals surface area contributed by atoms with Crippen LogP contribution in [-0.2, 0) is 21.0 Å². The van der Waals surface area contributed by atoms with Crippen LogP contribution in [0, 0.1) is 11.8 Å². The van der Waals surface area contributed by atoms with Gasteiger partial charge in [0.25, 0.3) is 0 Å². The highest BCUT2D eigenvalue weighted by Gasteiger charge is 2.60. The molecule has 3 aliphatic rings. The van der Waals surface area contributed by atoms with Crippen LogP contribution in [0.15, 0.2) is 16.8 Å². The summed E-state index contributed by atoms with van der Waals surface area (Å²) in [6.45, 7) is 4.16. The maximum atomic E-state index is 13.0. The zero-order valence-corrected chi connectivity index (χ0v) is 19.2. The number of amides is 2.